The molecule has 2 aliphatic heterocycles. The normalized spacial score (nSPS) is 19.3. The summed E-state index contributed by atoms with van der Waals surface area (Å²) >= 11 is 0. The highest BCUT2D eigenvalue weighted by Gasteiger charge is 2.29. The van der Waals surface area contributed by atoms with Gasteiger partial charge in [0.05, 0.1) is 13.7 Å². The first kappa shape index (κ1) is 23.8. The van der Waals surface area contributed by atoms with Crippen molar-refractivity contribution in [3.63, 3.8) is 0 Å². The average molecular weight is 514 g/mol. The SMILES string of the molecule is CCOc1cc(CCCNC(=NC)N2CCC(N3CC=CC3)C2)ccc1OC.I. The molecule has 0 aromatic heterocycles. The van der Waals surface area contributed by atoms with Crippen molar-refractivity contribution in [1.82, 2.24) is 15.1 Å². The van der Waals surface area contributed by atoms with Gasteiger partial charge in [-0.05, 0) is 43.9 Å². The number of methoxy groups -OCH3 is 1. The fraction of sp³-hybridized carbons (Fsp3) is 0.591. The molecule has 1 fully saturated rings. The van der Waals surface area contributed by atoms with E-state index in [-0.39, 0.29) is 24.0 Å². The highest BCUT2D eigenvalue weighted by molar-refractivity contribution is 14.0. The summed E-state index contributed by atoms with van der Waals surface area (Å²) in [6, 6.07) is 6.84. The molecule has 29 heavy (non-hydrogen) atoms. The van der Waals surface area contributed by atoms with Crippen LogP contribution in [-0.2, 0) is 6.42 Å². The number of rotatable bonds is 8. The Hall–Kier alpha value is -1.48. The number of hydrogen-bond acceptors (Lipinski definition) is 4. The molecule has 6 nitrogen and oxygen atoms in total. The van der Waals surface area contributed by atoms with Gasteiger partial charge in [0.2, 0.25) is 0 Å². The number of ether oxygens (including phenoxy) is 2. The number of guanidine groups is 1. The first-order chi connectivity index (χ1) is 13.7. The van der Waals surface area contributed by atoms with Gasteiger partial charge in [-0.25, -0.2) is 0 Å². The van der Waals surface area contributed by atoms with Crippen molar-refractivity contribution in [3.8, 4) is 11.5 Å². The van der Waals surface area contributed by atoms with Crippen molar-refractivity contribution in [2.24, 2.45) is 4.99 Å². The summed E-state index contributed by atoms with van der Waals surface area (Å²) in [6.07, 6.45) is 7.80. The van der Waals surface area contributed by atoms with Crippen LogP contribution >= 0.6 is 24.0 Å². The van der Waals surface area contributed by atoms with Crippen molar-refractivity contribution < 1.29 is 9.47 Å². The smallest absolute Gasteiger partial charge is 0.193 e. The van der Waals surface area contributed by atoms with Crippen molar-refractivity contribution in [2.75, 3.05) is 53.5 Å². The van der Waals surface area contributed by atoms with Gasteiger partial charge in [-0.2, -0.15) is 0 Å². The molecule has 0 amide bonds. The maximum atomic E-state index is 5.68. The fourth-order valence-electron chi connectivity index (χ4n) is 3.99. The molecule has 162 valence electrons. The first-order valence-electron chi connectivity index (χ1n) is 10.4. The summed E-state index contributed by atoms with van der Waals surface area (Å²) < 4.78 is 11.0. The van der Waals surface area contributed by atoms with Gasteiger partial charge in [0.1, 0.15) is 0 Å². The van der Waals surface area contributed by atoms with Gasteiger partial charge in [0, 0.05) is 45.8 Å². The Morgan fingerprint density at radius 1 is 1.24 bits per heavy atom. The second-order valence-electron chi connectivity index (χ2n) is 7.31. The van der Waals surface area contributed by atoms with Crippen LogP contribution in [0.3, 0.4) is 0 Å². The Bertz CT molecular complexity index is 687. The van der Waals surface area contributed by atoms with E-state index in [2.05, 4.69) is 44.4 Å². The van der Waals surface area contributed by atoms with Crippen LogP contribution in [0.2, 0.25) is 0 Å². The van der Waals surface area contributed by atoms with Crippen LogP contribution in [0.4, 0.5) is 0 Å². The van der Waals surface area contributed by atoms with Gasteiger partial charge in [0.25, 0.3) is 0 Å². The Kier molecular flexibility index (Phi) is 10.1. The molecule has 2 aliphatic rings. The van der Waals surface area contributed by atoms with Crippen LogP contribution < -0.4 is 14.8 Å². The molecule has 7 heteroatoms. The summed E-state index contributed by atoms with van der Waals surface area (Å²) in [5.41, 5.74) is 1.27. The second kappa shape index (κ2) is 12.3. The summed E-state index contributed by atoms with van der Waals surface area (Å²) in [5, 5.41) is 3.54. The summed E-state index contributed by atoms with van der Waals surface area (Å²) in [7, 11) is 3.56. The third-order valence-electron chi connectivity index (χ3n) is 5.49. The maximum absolute atomic E-state index is 5.68. The van der Waals surface area contributed by atoms with Gasteiger partial charge in [-0.15, -0.1) is 24.0 Å². The number of benzene rings is 1. The summed E-state index contributed by atoms with van der Waals surface area (Å²) in [6.45, 7) is 7.88. The predicted octanol–water partition coefficient (Wildman–Crippen LogP) is 3.17. The number of nitrogens with zero attached hydrogens (tertiary/aromatic N) is 3. The highest BCUT2D eigenvalue weighted by atomic mass is 127. The van der Waals surface area contributed by atoms with Gasteiger partial charge in [-0.1, -0.05) is 18.2 Å². The minimum Gasteiger partial charge on any atom is -0.493 e. The first-order valence-corrected chi connectivity index (χ1v) is 10.4. The zero-order valence-corrected chi connectivity index (χ0v) is 20.2. The van der Waals surface area contributed by atoms with Gasteiger partial charge < -0.3 is 19.7 Å². The molecule has 1 aromatic rings. The lowest BCUT2D eigenvalue weighted by molar-refractivity contribution is 0.259. The van der Waals surface area contributed by atoms with E-state index in [1.165, 1.54) is 12.0 Å². The van der Waals surface area contributed by atoms with Gasteiger partial charge >= 0.3 is 0 Å². The van der Waals surface area contributed by atoms with E-state index in [1.807, 2.05) is 20.0 Å². The standard InChI is InChI=1S/C22H34N4O2.HI/c1-4-28-21-16-18(9-10-20(21)27-3)8-7-12-24-22(23-2)26-15-11-19(17-26)25-13-5-6-14-25;/h5-6,9-10,16,19H,4,7-8,11-15,17H2,1-3H3,(H,23,24);1H. The minimum atomic E-state index is 0. The molecule has 0 bridgehead atoms. The largest absolute Gasteiger partial charge is 0.493 e. The van der Waals surface area contributed by atoms with Crippen LogP contribution in [0.1, 0.15) is 25.3 Å². The van der Waals surface area contributed by atoms with Crippen molar-refractivity contribution in [2.45, 2.75) is 32.2 Å². The van der Waals surface area contributed by atoms with E-state index >= 15 is 0 Å². The van der Waals surface area contributed by atoms with Crippen LogP contribution in [0.25, 0.3) is 0 Å². The Morgan fingerprint density at radius 2 is 2.03 bits per heavy atom. The molecule has 0 radical (unpaired) electrons. The van der Waals surface area contributed by atoms with E-state index in [0.29, 0.717) is 12.6 Å². The number of aryl methyl sites for hydroxylation is 1. The topological polar surface area (TPSA) is 49.3 Å². The van der Waals surface area contributed by atoms with Crippen LogP contribution in [0.15, 0.2) is 35.3 Å². The third-order valence-corrected chi connectivity index (χ3v) is 5.49. The van der Waals surface area contributed by atoms with Crippen molar-refractivity contribution in [3.05, 3.63) is 35.9 Å². The van der Waals surface area contributed by atoms with Crippen molar-refractivity contribution >= 4 is 29.9 Å². The van der Waals surface area contributed by atoms with Gasteiger partial charge in [0.15, 0.2) is 17.5 Å². The monoisotopic (exact) mass is 514 g/mol. The van der Waals surface area contributed by atoms with E-state index in [1.54, 1.807) is 7.11 Å². The molecule has 1 N–H and O–H groups in total. The maximum Gasteiger partial charge on any atom is 0.193 e. The average Bonchev–Trinajstić information content (AvgIpc) is 3.40. The van der Waals surface area contributed by atoms with E-state index < -0.39 is 0 Å². The number of nitrogens with one attached hydrogen (secondary N) is 1. The highest BCUT2D eigenvalue weighted by Crippen LogP contribution is 2.28. The van der Waals surface area contributed by atoms with E-state index in [4.69, 9.17) is 9.47 Å². The van der Waals surface area contributed by atoms with Crippen molar-refractivity contribution in [1.29, 1.82) is 0 Å². The Morgan fingerprint density at radius 3 is 2.72 bits per heavy atom. The molecule has 1 saturated heterocycles. The van der Waals surface area contributed by atoms with Crippen LogP contribution in [0.5, 0.6) is 11.5 Å². The molecular formula is C22H35IN4O2. The number of aliphatic imine (C=N–C) groups is 1. The molecule has 3 rings (SSSR count). The van der Waals surface area contributed by atoms with Gasteiger partial charge in [-0.3, -0.25) is 9.89 Å². The van der Waals surface area contributed by atoms with E-state index in [0.717, 1.165) is 63.0 Å². The molecule has 0 aliphatic carbocycles. The molecule has 0 spiro atoms. The molecule has 1 unspecified atom stereocenters. The number of halogens is 1. The number of hydrogen-bond donors (Lipinski definition) is 1. The van der Waals surface area contributed by atoms with Crippen LogP contribution in [-0.4, -0.2) is 75.3 Å². The molecule has 1 atom stereocenters. The third kappa shape index (κ3) is 6.50. The Balaban J connectivity index is 0.00000300. The summed E-state index contributed by atoms with van der Waals surface area (Å²) in [5.74, 6) is 2.64. The molecular weight excluding hydrogens is 479 g/mol. The molecule has 2 heterocycles. The molecule has 1 aromatic carbocycles. The minimum absolute atomic E-state index is 0. The quantitative estimate of drug-likeness (QED) is 0.190. The zero-order valence-electron chi connectivity index (χ0n) is 17.9. The lowest BCUT2D eigenvalue weighted by atomic mass is 10.1. The summed E-state index contributed by atoms with van der Waals surface area (Å²) in [4.78, 5) is 9.44. The number of likely N-dealkylation sites (tertiary alicyclic amines) is 1. The fourth-order valence-corrected chi connectivity index (χ4v) is 3.99. The van der Waals surface area contributed by atoms with E-state index in [9.17, 15) is 0 Å². The predicted molar refractivity (Wildman–Crippen MR) is 130 cm³/mol. The lowest BCUT2D eigenvalue weighted by Crippen LogP contribution is -2.43. The van der Waals surface area contributed by atoms with Crippen LogP contribution in [0, 0.1) is 0 Å². The lowest BCUT2D eigenvalue weighted by Gasteiger charge is -2.25. The zero-order chi connectivity index (χ0) is 19.8. The second-order valence-corrected chi connectivity index (χ2v) is 7.31. The Labute approximate surface area is 192 Å². The molecule has 0 saturated carbocycles.